The van der Waals surface area contributed by atoms with Crippen LogP contribution in [0.25, 0.3) is 6.08 Å². The highest BCUT2D eigenvalue weighted by atomic mass is 79.9. The number of carbonyl (C=O) groups excluding carboxylic acids is 2. The average Bonchev–Trinajstić information content (AvgIpc) is 2.68. The molecule has 1 aromatic rings. The number of methoxy groups -OCH3 is 2. The quantitative estimate of drug-likeness (QED) is 0.777. The summed E-state index contributed by atoms with van der Waals surface area (Å²) in [6.45, 7) is 0. The molecule has 106 valence electrons. The zero-order valence-corrected chi connectivity index (χ0v) is 13.5. The Morgan fingerprint density at radius 3 is 2.30 bits per heavy atom. The number of amides is 2. The molecule has 1 saturated heterocycles. The molecule has 0 bridgehead atoms. The number of imide groups is 1. The lowest BCUT2D eigenvalue weighted by Crippen LogP contribution is -2.22. The number of thioether (sulfide) groups is 1. The molecule has 5 nitrogen and oxygen atoms in total. The summed E-state index contributed by atoms with van der Waals surface area (Å²) in [4.78, 5) is 24.8. The molecule has 20 heavy (non-hydrogen) atoms. The van der Waals surface area contributed by atoms with Crippen molar-refractivity contribution in [3.63, 3.8) is 0 Å². The van der Waals surface area contributed by atoms with E-state index in [1.54, 1.807) is 25.3 Å². The number of nitrogens with zero attached hydrogens (tertiary/aromatic N) is 1. The average molecular weight is 358 g/mol. The van der Waals surface area contributed by atoms with Gasteiger partial charge in [-0.15, -0.1) is 0 Å². The molecule has 7 heteroatoms. The van der Waals surface area contributed by atoms with E-state index in [1.807, 2.05) is 0 Å². The number of halogens is 1. The Balaban J connectivity index is 2.44. The van der Waals surface area contributed by atoms with Crippen molar-refractivity contribution < 1.29 is 19.1 Å². The molecule has 1 aliphatic heterocycles. The molecule has 0 spiro atoms. The predicted molar refractivity (Wildman–Crippen MR) is 81.0 cm³/mol. The Morgan fingerprint density at radius 1 is 1.20 bits per heavy atom. The minimum atomic E-state index is -0.304. The van der Waals surface area contributed by atoms with Crippen LogP contribution < -0.4 is 9.47 Å². The molecule has 1 aromatic carbocycles. The van der Waals surface area contributed by atoms with Crippen LogP contribution in [0.5, 0.6) is 11.5 Å². The number of ether oxygens (including phenoxy) is 2. The standard InChI is InChI=1S/C13H12BrNO4S/c1-15-12(16)11(20-13(15)17)5-7-4-9(18-2)10(19-3)6-8(7)14/h4-6H,1-3H3/b11-5-. The van der Waals surface area contributed by atoms with Crippen molar-refractivity contribution in [3.8, 4) is 11.5 Å². The first-order chi connectivity index (χ1) is 9.47. The van der Waals surface area contributed by atoms with Gasteiger partial charge in [-0.2, -0.15) is 0 Å². The van der Waals surface area contributed by atoms with Gasteiger partial charge in [0.25, 0.3) is 11.1 Å². The maximum atomic E-state index is 11.9. The summed E-state index contributed by atoms with van der Waals surface area (Å²) >= 11 is 4.32. The summed E-state index contributed by atoms with van der Waals surface area (Å²) in [7, 11) is 4.55. The Kier molecular flexibility index (Phi) is 4.39. The largest absolute Gasteiger partial charge is 0.493 e. The molecule has 2 rings (SSSR count). The minimum absolute atomic E-state index is 0.280. The molecule has 0 saturated carbocycles. The Bertz CT molecular complexity index is 615. The summed E-state index contributed by atoms with van der Waals surface area (Å²) < 4.78 is 11.2. The fourth-order valence-corrected chi connectivity index (χ4v) is 2.92. The van der Waals surface area contributed by atoms with Crippen molar-refractivity contribution in [2.45, 2.75) is 0 Å². The number of likely N-dealkylation sites (N-methyl/N-ethyl adjacent to an activating group) is 1. The SMILES string of the molecule is COc1cc(Br)c(/C=C2\SC(=O)N(C)C2=O)cc1OC. The van der Waals surface area contributed by atoms with Crippen molar-refractivity contribution in [1.82, 2.24) is 4.90 Å². The van der Waals surface area contributed by atoms with E-state index in [-0.39, 0.29) is 11.1 Å². The van der Waals surface area contributed by atoms with Crippen LogP contribution in [0, 0.1) is 0 Å². The van der Waals surface area contributed by atoms with Crippen molar-refractivity contribution in [2.75, 3.05) is 21.3 Å². The first-order valence-electron chi connectivity index (χ1n) is 5.61. The van der Waals surface area contributed by atoms with Crippen LogP contribution in [0.15, 0.2) is 21.5 Å². The molecule has 0 aliphatic carbocycles. The minimum Gasteiger partial charge on any atom is -0.493 e. The third-order valence-corrected chi connectivity index (χ3v) is 4.42. The highest BCUT2D eigenvalue weighted by molar-refractivity contribution is 9.10. The van der Waals surface area contributed by atoms with Gasteiger partial charge in [0.2, 0.25) is 0 Å². The first kappa shape index (κ1) is 14.9. The van der Waals surface area contributed by atoms with E-state index >= 15 is 0 Å². The second-order valence-electron chi connectivity index (χ2n) is 3.97. The molecule has 0 unspecified atom stereocenters. The van der Waals surface area contributed by atoms with Gasteiger partial charge in [-0.05, 0) is 35.5 Å². The maximum absolute atomic E-state index is 11.9. The summed E-state index contributed by atoms with van der Waals surface area (Å²) in [5.74, 6) is 0.833. The smallest absolute Gasteiger partial charge is 0.293 e. The number of rotatable bonds is 3. The molecule has 2 amide bonds. The van der Waals surface area contributed by atoms with Crippen LogP contribution >= 0.6 is 27.7 Å². The van der Waals surface area contributed by atoms with Crippen molar-refractivity contribution in [3.05, 3.63) is 27.1 Å². The van der Waals surface area contributed by atoms with E-state index in [4.69, 9.17) is 9.47 Å². The van der Waals surface area contributed by atoms with E-state index in [0.717, 1.165) is 26.7 Å². The van der Waals surface area contributed by atoms with E-state index < -0.39 is 0 Å². The van der Waals surface area contributed by atoms with Gasteiger partial charge in [0.05, 0.1) is 19.1 Å². The van der Waals surface area contributed by atoms with Crippen molar-refractivity contribution in [1.29, 1.82) is 0 Å². The molecule has 0 atom stereocenters. The molecule has 0 N–H and O–H groups in total. The Labute approximate surface area is 129 Å². The number of hydrogen-bond acceptors (Lipinski definition) is 5. The second-order valence-corrected chi connectivity index (χ2v) is 5.82. The van der Waals surface area contributed by atoms with Crippen molar-refractivity contribution >= 4 is 44.9 Å². The van der Waals surface area contributed by atoms with Crippen molar-refractivity contribution in [2.24, 2.45) is 0 Å². The lowest BCUT2D eigenvalue weighted by atomic mass is 10.2. The zero-order valence-electron chi connectivity index (χ0n) is 11.1. The van der Waals surface area contributed by atoms with Gasteiger partial charge >= 0.3 is 0 Å². The molecule has 0 radical (unpaired) electrons. The number of carbonyl (C=O) groups is 2. The lowest BCUT2D eigenvalue weighted by Gasteiger charge is -2.10. The summed E-state index contributed by atoms with van der Waals surface area (Å²) in [6.07, 6.45) is 1.65. The van der Waals surface area contributed by atoms with Gasteiger partial charge in [0.1, 0.15) is 0 Å². The van der Waals surface area contributed by atoms with E-state index in [2.05, 4.69) is 15.9 Å². The topological polar surface area (TPSA) is 55.8 Å². The van der Waals surface area contributed by atoms with Gasteiger partial charge < -0.3 is 9.47 Å². The highest BCUT2D eigenvalue weighted by Crippen LogP contribution is 2.37. The van der Waals surface area contributed by atoms with Crippen LogP contribution in [0.4, 0.5) is 4.79 Å². The monoisotopic (exact) mass is 357 g/mol. The molecular formula is C13H12BrNO4S. The van der Waals surface area contributed by atoms with Crippen LogP contribution in [0.2, 0.25) is 0 Å². The van der Waals surface area contributed by atoms with E-state index in [9.17, 15) is 9.59 Å². The van der Waals surface area contributed by atoms with Crippen LogP contribution in [0.1, 0.15) is 5.56 Å². The van der Waals surface area contributed by atoms with Gasteiger partial charge in [-0.3, -0.25) is 14.5 Å². The highest BCUT2D eigenvalue weighted by Gasteiger charge is 2.32. The molecule has 1 aliphatic rings. The summed E-state index contributed by atoms with van der Waals surface area (Å²) in [5.41, 5.74) is 0.738. The predicted octanol–water partition coefficient (Wildman–Crippen LogP) is 3.13. The normalized spacial score (nSPS) is 17.0. The number of benzene rings is 1. The fraction of sp³-hybridized carbons (Fsp3) is 0.231. The molecular weight excluding hydrogens is 346 g/mol. The third-order valence-electron chi connectivity index (χ3n) is 2.78. The maximum Gasteiger partial charge on any atom is 0.293 e. The summed E-state index contributed by atoms with van der Waals surface area (Å²) in [6, 6.07) is 3.49. The number of hydrogen-bond donors (Lipinski definition) is 0. The van der Waals surface area contributed by atoms with Crippen LogP contribution in [0.3, 0.4) is 0 Å². The summed E-state index contributed by atoms with van der Waals surface area (Å²) in [5, 5.41) is -0.280. The van der Waals surface area contributed by atoms with Crippen LogP contribution in [-0.2, 0) is 4.79 Å². The molecule has 1 heterocycles. The Morgan fingerprint density at radius 2 is 1.80 bits per heavy atom. The Hall–Kier alpha value is -1.47. The lowest BCUT2D eigenvalue weighted by molar-refractivity contribution is -0.121. The van der Waals surface area contributed by atoms with Gasteiger partial charge in [0, 0.05) is 11.5 Å². The van der Waals surface area contributed by atoms with Gasteiger partial charge in [0.15, 0.2) is 11.5 Å². The second kappa shape index (κ2) is 5.88. The van der Waals surface area contributed by atoms with Crippen LogP contribution in [-0.4, -0.2) is 37.3 Å². The van der Waals surface area contributed by atoms with E-state index in [1.165, 1.54) is 14.2 Å². The van der Waals surface area contributed by atoms with Gasteiger partial charge in [-0.25, -0.2) is 0 Å². The fourth-order valence-electron chi connectivity index (χ4n) is 1.67. The third kappa shape index (κ3) is 2.69. The zero-order chi connectivity index (χ0) is 14.9. The molecule has 0 aromatic heterocycles. The van der Waals surface area contributed by atoms with E-state index in [0.29, 0.717) is 16.4 Å². The first-order valence-corrected chi connectivity index (χ1v) is 7.22. The van der Waals surface area contributed by atoms with Gasteiger partial charge in [-0.1, -0.05) is 15.9 Å². The molecule has 1 fully saturated rings.